The van der Waals surface area contributed by atoms with Crippen LogP contribution in [-0.2, 0) is 4.79 Å². The second kappa shape index (κ2) is 5.70. The van der Waals surface area contributed by atoms with Crippen LogP contribution in [0.4, 0.5) is 0 Å². The van der Waals surface area contributed by atoms with Crippen LogP contribution in [0, 0.1) is 0 Å². The molecule has 2 aromatic rings. The van der Waals surface area contributed by atoms with Gasteiger partial charge in [0.05, 0.1) is 12.2 Å². The topological polar surface area (TPSA) is 93.0 Å². The highest BCUT2D eigenvalue weighted by molar-refractivity contribution is 5.96. The zero-order valence-corrected chi connectivity index (χ0v) is 11.3. The van der Waals surface area contributed by atoms with E-state index in [2.05, 4.69) is 20.8 Å². The molecule has 0 atom stereocenters. The van der Waals surface area contributed by atoms with Gasteiger partial charge in [0, 0.05) is 18.7 Å². The molecule has 21 heavy (non-hydrogen) atoms. The molecule has 2 amide bonds. The van der Waals surface area contributed by atoms with E-state index in [1.54, 1.807) is 29.2 Å². The maximum Gasteiger partial charge on any atom is 0.254 e. The van der Waals surface area contributed by atoms with Crippen LogP contribution in [0.3, 0.4) is 0 Å². The van der Waals surface area contributed by atoms with Crippen molar-refractivity contribution in [3.63, 3.8) is 0 Å². The van der Waals surface area contributed by atoms with Crippen LogP contribution in [0.15, 0.2) is 30.6 Å². The van der Waals surface area contributed by atoms with Crippen LogP contribution in [-0.4, -0.2) is 56.6 Å². The van der Waals surface area contributed by atoms with E-state index in [0.717, 1.165) is 12.1 Å². The molecule has 1 fully saturated rings. The number of nitrogens with zero attached hydrogens (tertiary/aromatic N) is 5. The average molecular weight is 286 g/mol. The van der Waals surface area contributed by atoms with Crippen molar-refractivity contribution in [3.8, 4) is 5.69 Å². The van der Waals surface area contributed by atoms with Gasteiger partial charge in [-0.3, -0.25) is 9.59 Å². The third-order valence-corrected chi connectivity index (χ3v) is 3.28. The molecule has 1 aliphatic heterocycles. The van der Waals surface area contributed by atoms with Crippen molar-refractivity contribution >= 4 is 11.8 Å². The lowest BCUT2D eigenvalue weighted by Gasteiger charge is -2.19. The smallest absolute Gasteiger partial charge is 0.254 e. The summed E-state index contributed by atoms with van der Waals surface area (Å²) in [5.74, 6) is -0.263. The summed E-state index contributed by atoms with van der Waals surface area (Å²) in [4.78, 5) is 25.5. The minimum absolute atomic E-state index is 0.105. The zero-order valence-electron chi connectivity index (χ0n) is 11.3. The summed E-state index contributed by atoms with van der Waals surface area (Å²) in [7, 11) is 0. The molecule has 0 unspecified atom stereocenters. The van der Waals surface area contributed by atoms with Gasteiger partial charge in [-0.15, -0.1) is 5.10 Å². The summed E-state index contributed by atoms with van der Waals surface area (Å²) in [5, 5.41) is 13.7. The van der Waals surface area contributed by atoms with Gasteiger partial charge in [0.1, 0.15) is 6.33 Å². The molecule has 108 valence electrons. The quantitative estimate of drug-likeness (QED) is 0.812. The Labute approximate surface area is 120 Å². The highest BCUT2D eigenvalue weighted by Gasteiger charge is 2.20. The monoisotopic (exact) mass is 286 g/mol. The number of carbonyl (C=O) groups excluding carboxylic acids is 2. The Kier molecular flexibility index (Phi) is 3.59. The van der Waals surface area contributed by atoms with Crippen LogP contribution in [0.1, 0.15) is 16.8 Å². The summed E-state index contributed by atoms with van der Waals surface area (Å²) in [6.07, 6.45) is 2.25. The lowest BCUT2D eigenvalue weighted by atomic mass is 10.1. The first kappa shape index (κ1) is 13.2. The lowest BCUT2D eigenvalue weighted by molar-refractivity contribution is -0.121. The van der Waals surface area contributed by atoms with E-state index >= 15 is 0 Å². The molecule has 3 rings (SSSR count). The van der Waals surface area contributed by atoms with E-state index in [9.17, 15) is 9.59 Å². The van der Waals surface area contributed by atoms with Crippen LogP contribution < -0.4 is 5.32 Å². The molecule has 0 saturated carbocycles. The fourth-order valence-electron chi connectivity index (χ4n) is 2.20. The number of nitrogens with one attached hydrogen (secondary N) is 1. The van der Waals surface area contributed by atoms with E-state index in [0.29, 0.717) is 18.7 Å². The SMILES string of the molecule is O=C1CN(C(=O)c2ccc(-n3cnnn3)cc2)CCCN1. The van der Waals surface area contributed by atoms with Crippen molar-refractivity contribution in [3.05, 3.63) is 36.2 Å². The Bertz CT molecular complexity index is 637. The van der Waals surface area contributed by atoms with Gasteiger partial charge in [-0.1, -0.05) is 0 Å². The van der Waals surface area contributed by atoms with E-state index in [1.807, 2.05) is 0 Å². The number of hydrogen-bond acceptors (Lipinski definition) is 5. The molecule has 0 aliphatic carbocycles. The summed E-state index contributed by atoms with van der Waals surface area (Å²) in [6, 6.07) is 6.95. The molecule has 8 heteroatoms. The summed E-state index contributed by atoms with van der Waals surface area (Å²) in [5.41, 5.74) is 1.31. The van der Waals surface area contributed by atoms with Gasteiger partial charge in [0.2, 0.25) is 5.91 Å². The molecular formula is C13H14N6O2. The molecular weight excluding hydrogens is 272 g/mol. The largest absolute Gasteiger partial charge is 0.354 e. The van der Waals surface area contributed by atoms with E-state index in [4.69, 9.17) is 0 Å². The predicted octanol–water partition coefficient (Wildman–Crippen LogP) is -0.376. The second-order valence-electron chi connectivity index (χ2n) is 4.73. The molecule has 1 aromatic carbocycles. The van der Waals surface area contributed by atoms with E-state index < -0.39 is 0 Å². The number of aromatic nitrogens is 4. The van der Waals surface area contributed by atoms with Crippen LogP contribution in [0.5, 0.6) is 0 Å². The number of benzene rings is 1. The third kappa shape index (κ3) is 2.88. The summed E-state index contributed by atoms with van der Waals surface area (Å²) >= 11 is 0. The normalized spacial score (nSPS) is 15.4. The second-order valence-corrected chi connectivity index (χ2v) is 4.73. The number of tetrazole rings is 1. The first-order chi connectivity index (χ1) is 10.2. The van der Waals surface area contributed by atoms with Gasteiger partial charge in [-0.05, 0) is 41.1 Å². The zero-order chi connectivity index (χ0) is 14.7. The molecule has 0 spiro atoms. The third-order valence-electron chi connectivity index (χ3n) is 3.28. The minimum atomic E-state index is -0.143. The Morgan fingerprint density at radius 1 is 1.24 bits per heavy atom. The maximum absolute atomic E-state index is 12.4. The van der Waals surface area contributed by atoms with Gasteiger partial charge in [-0.25, -0.2) is 4.68 Å². The van der Waals surface area contributed by atoms with E-state index in [1.165, 1.54) is 11.0 Å². The molecule has 1 aliphatic rings. The van der Waals surface area contributed by atoms with Crippen molar-refractivity contribution in [1.29, 1.82) is 0 Å². The molecule has 8 nitrogen and oxygen atoms in total. The number of amides is 2. The molecule has 1 saturated heterocycles. The summed E-state index contributed by atoms with van der Waals surface area (Å²) in [6.45, 7) is 1.29. The minimum Gasteiger partial charge on any atom is -0.354 e. The van der Waals surface area contributed by atoms with Crippen molar-refractivity contribution in [2.75, 3.05) is 19.6 Å². The van der Waals surface area contributed by atoms with Gasteiger partial charge < -0.3 is 10.2 Å². The van der Waals surface area contributed by atoms with Gasteiger partial charge in [0.15, 0.2) is 0 Å². The van der Waals surface area contributed by atoms with Crippen LogP contribution in [0.2, 0.25) is 0 Å². The van der Waals surface area contributed by atoms with Crippen LogP contribution >= 0.6 is 0 Å². The van der Waals surface area contributed by atoms with Crippen LogP contribution in [0.25, 0.3) is 5.69 Å². The first-order valence-electron chi connectivity index (χ1n) is 6.63. The molecule has 2 heterocycles. The van der Waals surface area contributed by atoms with Crippen molar-refractivity contribution < 1.29 is 9.59 Å². The molecule has 1 aromatic heterocycles. The highest BCUT2D eigenvalue weighted by atomic mass is 16.2. The van der Waals surface area contributed by atoms with Gasteiger partial charge >= 0.3 is 0 Å². The number of carbonyl (C=O) groups is 2. The standard InChI is InChI=1S/C13H14N6O2/c20-12-8-18(7-1-6-14-12)13(21)10-2-4-11(5-3-10)19-9-15-16-17-19/h2-5,9H,1,6-8H2,(H,14,20). The highest BCUT2D eigenvalue weighted by Crippen LogP contribution is 2.11. The Balaban J connectivity index is 1.77. The molecule has 0 bridgehead atoms. The van der Waals surface area contributed by atoms with Gasteiger partial charge in [0.25, 0.3) is 5.91 Å². The van der Waals surface area contributed by atoms with Crippen molar-refractivity contribution in [1.82, 2.24) is 30.4 Å². The average Bonchev–Trinajstić information content (AvgIpc) is 2.96. The molecule has 1 N–H and O–H groups in total. The Morgan fingerprint density at radius 3 is 2.76 bits per heavy atom. The Hall–Kier alpha value is -2.77. The fraction of sp³-hybridized carbons (Fsp3) is 0.308. The predicted molar refractivity (Wildman–Crippen MR) is 72.7 cm³/mol. The Morgan fingerprint density at radius 2 is 2.05 bits per heavy atom. The maximum atomic E-state index is 12.4. The first-order valence-corrected chi connectivity index (χ1v) is 6.63. The van der Waals surface area contributed by atoms with Gasteiger partial charge in [-0.2, -0.15) is 0 Å². The number of hydrogen-bond donors (Lipinski definition) is 1. The molecule has 0 radical (unpaired) electrons. The van der Waals surface area contributed by atoms with Crippen molar-refractivity contribution in [2.45, 2.75) is 6.42 Å². The fourth-order valence-corrected chi connectivity index (χ4v) is 2.20. The van der Waals surface area contributed by atoms with E-state index in [-0.39, 0.29) is 18.4 Å². The summed E-state index contributed by atoms with van der Waals surface area (Å²) < 4.78 is 1.51. The van der Waals surface area contributed by atoms with Crippen molar-refractivity contribution in [2.24, 2.45) is 0 Å². The lowest BCUT2D eigenvalue weighted by Crippen LogP contribution is -2.37. The number of rotatable bonds is 2.